The lowest BCUT2D eigenvalue weighted by atomic mass is 10.0. The molecule has 0 heterocycles. The van der Waals surface area contributed by atoms with Gasteiger partial charge in [-0.15, -0.1) is 0 Å². The Morgan fingerprint density at radius 3 is 2.57 bits per heavy atom. The van der Waals surface area contributed by atoms with Gasteiger partial charge in [0.15, 0.2) is 0 Å². The summed E-state index contributed by atoms with van der Waals surface area (Å²) in [6.45, 7) is 4.33. The van der Waals surface area contributed by atoms with Gasteiger partial charge in [-0.1, -0.05) is 0 Å². The molecule has 0 rings (SSSR count). The van der Waals surface area contributed by atoms with E-state index in [1.54, 1.807) is 7.11 Å². The number of rotatable bonds is 6. The van der Waals surface area contributed by atoms with E-state index in [2.05, 4.69) is 0 Å². The van der Waals surface area contributed by atoms with Crippen molar-refractivity contribution in [1.29, 1.82) is 0 Å². The van der Waals surface area contributed by atoms with E-state index in [1.165, 1.54) is 6.92 Å². The lowest BCUT2D eigenvalue weighted by Gasteiger charge is -2.30. The van der Waals surface area contributed by atoms with Gasteiger partial charge in [0.2, 0.25) is 0 Å². The van der Waals surface area contributed by atoms with Crippen molar-refractivity contribution in [3.8, 4) is 0 Å². The molecule has 0 aliphatic heterocycles. The molecule has 0 aromatic rings. The maximum atomic E-state index is 10.8. The Balaban J connectivity index is 4.16. The van der Waals surface area contributed by atoms with Crippen molar-refractivity contribution in [2.24, 2.45) is 5.73 Å². The molecule has 2 atom stereocenters. The molecular formula is C9H20N2O3. The second-order valence-corrected chi connectivity index (χ2v) is 3.94. The monoisotopic (exact) mass is 204 g/mol. The molecule has 2 unspecified atom stereocenters. The number of hydrogen-bond donors (Lipinski definition) is 2. The third-order valence-corrected chi connectivity index (χ3v) is 2.23. The van der Waals surface area contributed by atoms with Crippen LogP contribution in [0.3, 0.4) is 0 Å². The predicted octanol–water partition coefficient (Wildman–Crippen LogP) is -0.245. The summed E-state index contributed by atoms with van der Waals surface area (Å²) < 4.78 is 4.97. The van der Waals surface area contributed by atoms with E-state index in [1.807, 2.05) is 18.9 Å². The molecular weight excluding hydrogens is 184 g/mol. The van der Waals surface area contributed by atoms with Crippen LogP contribution in [0.2, 0.25) is 0 Å². The highest BCUT2D eigenvalue weighted by Crippen LogP contribution is 2.05. The predicted molar refractivity (Wildman–Crippen MR) is 54.2 cm³/mol. The zero-order valence-corrected chi connectivity index (χ0v) is 9.28. The van der Waals surface area contributed by atoms with E-state index in [0.29, 0.717) is 13.2 Å². The molecule has 0 bridgehead atoms. The number of hydrogen-bond acceptors (Lipinski definition) is 4. The first-order valence-electron chi connectivity index (χ1n) is 4.52. The van der Waals surface area contributed by atoms with Crippen molar-refractivity contribution in [3.63, 3.8) is 0 Å². The van der Waals surface area contributed by atoms with Crippen molar-refractivity contribution < 1.29 is 14.6 Å². The van der Waals surface area contributed by atoms with Gasteiger partial charge >= 0.3 is 5.97 Å². The van der Waals surface area contributed by atoms with Gasteiger partial charge < -0.3 is 15.6 Å². The number of nitrogens with zero attached hydrogens (tertiary/aromatic N) is 1. The molecule has 0 aromatic heterocycles. The second-order valence-electron chi connectivity index (χ2n) is 3.94. The maximum Gasteiger partial charge on any atom is 0.324 e. The quantitative estimate of drug-likeness (QED) is 0.624. The number of methoxy groups -OCH3 is 1. The average molecular weight is 204 g/mol. The fourth-order valence-corrected chi connectivity index (χ4v) is 1.11. The first-order chi connectivity index (χ1) is 6.31. The molecule has 0 aromatic carbocycles. The molecule has 0 fully saturated rings. The molecule has 3 N–H and O–H groups in total. The fraction of sp³-hybridized carbons (Fsp3) is 0.889. The van der Waals surface area contributed by atoms with Crippen molar-refractivity contribution in [2.45, 2.75) is 25.4 Å². The Morgan fingerprint density at radius 2 is 2.21 bits per heavy atom. The van der Waals surface area contributed by atoms with Gasteiger partial charge in [-0.05, 0) is 20.9 Å². The summed E-state index contributed by atoms with van der Waals surface area (Å²) in [5.74, 6) is -0.992. The highest BCUT2D eigenvalue weighted by molar-refractivity contribution is 5.78. The minimum absolute atomic E-state index is 0.155. The van der Waals surface area contributed by atoms with Gasteiger partial charge in [0.1, 0.15) is 5.54 Å². The van der Waals surface area contributed by atoms with Crippen LogP contribution in [0, 0.1) is 0 Å². The molecule has 84 valence electrons. The van der Waals surface area contributed by atoms with Crippen LogP contribution in [-0.4, -0.2) is 54.9 Å². The van der Waals surface area contributed by atoms with Crippen LogP contribution >= 0.6 is 0 Å². The zero-order valence-electron chi connectivity index (χ0n) is 9.28. The molecule has 0 aliphatic rings. The lowest BCUT2D eigenvalue weighted by molar-refractivity contribution is -0.143. The number of likely N-dealkylation sites (N-methyl/N-ethyl adjacent to an activating group) is 1. The van der Waals surface area contributed by atoms with E-state index in [-0.39, 0.29) is 6.04 Å². The van der Waals surface area contributed by atoms with Crippen LogP contribution in [0.4, 0.5) is 0 Å². The summed E-state index contributed by atoms with van der Waals surface area (Å²) in [5.41, 5.74) is 4.40. The Hall–Kier alpha value is -0.650. The van der Waals surface area contributed by atoms with Crippen LogP contribution in [0.15, 0.2) is 0 Å². The number of carboxylic acids is 1. The second kappa shape index (κ2) is 5.29. The smallest absolute Gasteiger partial charge is 0.324 e. The third kappa shape index (κ3) is 4.04. The molecule has 0 aliphatic carbocycles. The van der Waals surface area contributed by atoms with Gasteiger partial charge in [-0.3, -0.25) is 9.69 Å². The summed E-state index contributed by atoms with van der Waals surface area (Å²) in [6, 6.07) is 0.155. The number of nitrogens with two attached hydrogens (primary N) is 1. The third-order valence-electron chi connectivity index (χ3n) is 2.23. The molecule has 5 nitrogen and oxygen atoms in total. The van der Waals surface area contributed by atoms with Gasteiger partial charge in [-0.25, -0.2) is 0 Å². The topological polar surface area (TPSA) is 75.8 Å². The lowest BCUT2D eigenvalue weighted by Crippen LogP contribution is -2.55. The molecule has 0 spiro atoms. The van der Waals surface area contributed by atoms with Gasteiger partial charge in [0.25, 0.3) is 0 Å². The molecule has 14 heavy (non-hydrogen) atoms. The van der Waals surface area contributed by atoms with E-state index in [9.17, 15) is 4.79 Å². The Bertz CT molecular complexity index is 194. The van der Waals surface area contributed by atoms with Crippen LogP contribution in [0.25, 0.3) is 0 Å². The Morgan fingerprint density at radius 1 is 1.71 bits per heavy atom. The molecule has 0 radical (unpaired) electrons. The van der Waals surface area contributed by atoms with Crippen molar-refractivity contribution >= 4 is 5.97 Å². The zero-order chi connectivity index (χ0) is 11.4. The van der Waals surface area contributed by atoms with Gasteiger partial charge in [-0.2, -0.15) is 0 Å². The van der Waals surface area contributed by atoms with Gasteiger partial charge in [0, 0.05) is 19.7 Å². The number of ether oxygens (including phenoxy) is 1. The van der Waals surface area contributed by atoms with Crippen molar-refractivity contribution in [2.75, 3.05) is 27.3 Å². The standard InChI is InChI=1S/C9H20N2O3/c1-7(5-14-4)11(3)6-9(2,10)8(12)13/h7H,5-6,10H2,1-4H3,(H,12,13). The van der Waals surface area contributed by atoms with Crippen LogP contribution in [-0.2, 0) is 9.53 Å². The maximum absolute atomic E-state index is 10.8. The largest absolute Gasteiger partial charge is 0.480 e. The van der Waals surface area contributed by atoms with Crippen molar-refractivity contribution in [1.82, 2.24) is 4.90 Å². The van der Waals surface area contributed by atoms with E-state index in [0.717, 1.165) is 0 Å². The minimum Gasteiger partial charge on any atom is -0.480 e. The van der Waals surface area contributed by atoms with Crippen LogP contribution < -0.4 is 5.73 Å². The summed E-state index contributed by atoms with van der Waals surface area (Å²) in [5, 5.41) is 8.82. The number of carbonyl (C=O) groups is 1. The highest BCUT2D eigenvalue weighted by atomic mass is 16.5. The molecule has 0 saturated carbocycles. The summed E-state index contributed by atoms with van der Waals surface area (Å²) in [7, 11) is 3.45. The highest BCUT2D eigenvalue weighted by Gasteiger charge is 2.30. The number of aliphatic carboxylic acids is 1. The van der Waals surface area contributed by atoms with Crippen LogP contribution in [0.1, 0.15) is 13.8 Å². The minimum atomic E-state index is -1.21. The average Bonchev–Trinajstić information content (AvgIpc) is 2.03. The van der Waals surface area contributed by atoms with E-state index in [4.69, 9.17) is 15.6 Å². The molecule has 5 heteroatoms. The van der Waals surface area contributed by atoms with Gasteiger partial charge in [0.05, 0.1) is 6.61 Å². The Kier molecular flexibility index (Phi) is 5.04. The summed E-state index contributed by atoms with van der Waals surface area (Å²) in [4.78, 5) is 12.6. The molecule has 0 saturated heterocycles. The van der Waals surface area contributed by atoms with E-state index < -0.39 is 11.5 Å². The van der Waals surface area contributed by atoms with Crippen molar-refractivity contribution in [3.05, 3.63) is 0 Å². The first kappa shape index (κ1) is 13.4. The van der Waals surface area contributed by atoms with E-state index >= 15 is 0 Å². The summed E-state index contributed by atoms with van der Waals surface area (Å²) >= 11 is 0. The van der Waals surface area contributed by atoms with Crippen LogP contribution in [0.5, 0.6) is 0 Å². The SMILES string of the molecule is COCC(C)N(C)CC(C)(N)C(=O)O. The number of carboxylic acid groups (broad SMARTS) is 1. The Labute approximate surface area is 84.8 Å². The summed E-state index contributed by atoms with van der Waals surface area (Å²) in [6.07, 6.45) is 0. The normalized spacial score (nSPS) is 17.9. The molecule has 0 amide bonds. The fourth-order valence-electron chi connectivity index (χ4n) is 1.11. The first-order valence-corrected chi connectivity index (χ1v) is 4.52.